The van der Waals surface area contributed by atoms with Crippen molar-refractivity contribution in [2.75, 3.05) is 31.9 Å². The lowest BCUT2D eigenvalue weighted by Gasteiger charge is -2.34. The highest BCUT2D eigenvalue weighted by Gasteiger charge is 2.21. The number of carbonyl (C=O) groups excluding carboxylic acids is 1. The van der Waals surface area contributed by atoms with Gasteiger partial charge < -0.3 is 4.90 Å². The fourth-order valence-corrected chi connectivity index (χ4v) is 3.64. The minimum absolute atomic E-state index is 0.00640. The Morgan fingerprint density at radius 3 is 2.40 bits per heavy atom. The van der Waals surface area contributed by atoms with Gasteiger partial charge in [-0.15, -0.1) is 11.8 Å². The van der Waals surface area contributed by atoms with E-state index in [9.17, 15) is 13.6 Å². The minimum Gasteiger partial charge on any atom is -0.339 e. The molecule has 2 aromatic carbocycles. The van der Waals surface area contributed by atoms with Crippen LogP contribution in [0.1, 0.15) is 5.56 Å². The highest BCUT2D eigenvalue weighted by atomic mass is 32.2. The summed E-state index contributed by atoms with van der Waals surface area (Å²) in [6.45, 7) is 3.90. The summed E-state index contributed by atoms with van der Waals surface area (Å²) in [5.41, 5.74) is 1.27. The third-order valence-electron chi connectivity index (χ3n) is 4.22. The molecule has 25 heavy (non-hydrogen) atoms. The predicted octanol–water partition coefficient (Wildman–Crippen LogP) is 3.40. The van der Waals surface area contributed by atoms with Crippen molar-refractivity contribution < 1.29 is 13.6 Å². The van der Waals surface area contributed by atoms with E-state index in [2.05, 4.69) is 17.0 Å². The molecule has 0 unspecified atom stereocenters. The smallest absolute Gasteiger partial charge is 0.233 e. The predicted molar refractivity (Wildman–Crippen MR) is 95.4 cm³/mol. The van der Waals surface area contributed by atoms with Crippen LogP contribution in [-0.2, 0) is 11.3 Å². The van der Waals surface area contributed by atoms with Crippen molar-refractivity contribution in [2.24, 2.45) is 0 Å². The topological polar surface area (TPSA) is 23.6 Å². The van der Waals surface area contributed by atoms with Crippen molar-refractivity contribution in [2.45, 2.75) is 11.4 Å². The number of benzene rings is 2. The molecule has 0 N–H and O–H groups in total. The average Bonchev–Trinajstić information content (AvgIpc) is 2.62. The Labute approximate surface area is 150 Å². The second-order valence-electron chi connectivity index (χ2n) is 6.01. The van der Waals surface area contributed by atoms with Gasteiger partial charge in [0.25, 0.3) is 0 Å². The molecule has 0 atom stereocenters. The Bertz CT molecular complexity index is 719. The fourth-order valence-electron chi connectivity index (χ4n) is 2.82. The summed E-state index contributed by atoms with van der Waals surface area (Å²) in [7, 11) is 0. The SMILES string of the molecule is O=C(CSc1ccc(F)cc1F)N1CCN(Cc2ccccc2)CC1. The fraction of sp³-hybridized carbons (Fsp3) is 0.316. The molecule has 132 valence electrons. The zero-order valence-corrected chi connectivity index (χ0v) is 14.6. The summed E-state index contributed by atoms with van der Waals surface area (Å²) in [6.07, 6.45) is 0. The summed E-state index contributed by atoms with van der Waals surface area (Å²) >= 11 is 1.11. The number of rotatable bonds is 5. The van der Waals surface area contributed by atoms with Gasteiger partial charge in [0.1, 0.15) is 11.6 Å². The van der Waals surface area contributed by atoms with Crippen LogP contribution in [0.25, 0.3) is 0 Å². The van der Waals surface area contributed by atoms with Crippen LogP contribution in [-0.4, -0.2) is 47.6 Å². The molecule has 0 radical (unpaired) electrons. The van der Waals surface area contributed by atoms with Crippen LogP contribution in [0, 0.1) is 11.6 Å². The molecule has 1 aliphatic rings. The zero-order chi connectivity index (χ0) is 17.6. The second-order valence-corrected chi connectivity index (χ2v) is 7.02. The van der Waals surface area contributed by atoms with Gasteiger partial charge in [-0.1, -0.05) is 30.3 Å². The quantitative estimate of drug-likeness (QED) is 0.762. The van der Waals surface area contributed by atoms with Gasteiger partial charge >= 0.3 is 0 Å². The minimum atomic E-state index is -0.620. The maximum atomic E-state index is 13.6. The highest BCUT2D eigenvalue weighted by Crippen LogP contribution is 2.23. The van der Waals surface area contributed by atoms with Crippen LogP contribution in [0.2, 0.25) is 0 Å². The van der Waals surface area contributed by atoms with Crippen molar-refractivity contribution in [3.8, 4) is 0 Å². The zero-order valence-electron chi connectivity index (χ0n) is 13.8. The third-order valence-corrected chi connectivity index (χ3v) is 5.25. The van der Waals surface area contributed by atoms with E-state index in [1.54, 1.807) is 0 Å². The molecule has 1 fully saturated rings. The molecule has 0 bridgehead atoms. The molecule has 3 nitrogen and oxygen atoms in total. The van der Waals surface area contributed by atoms with E-state index in [-0.39, 0.29) is 11.7 Å². The van der Waals surface area contributed by atoms with E-state index in [4.69, 9.17) is 0 Å². The lowest BCUT2D eigenvalue weighted by Crippen LogP contribution is -2.48. The van der Waals surface area contributed by atoms with E-state index in [0.717, 1.165) is 37.5 Å². The summed E-state index contributed by atoms with van der Waals surface area (Å²) in [5.74, 6) is -1.07. The summed E-state index contributed by atoms with van der Waals surface area (Å²) in [5, 5.41) is 0. The van der Waals surface area contributed by atoms with Gasteiger partial charge in [0, 0.05) is 43.7 Å². The number of hydrogen-bond acceptors (Lipinski definition) is 3. The number of hydrogen-bond donors (Lipinski definition) is 0. The third kappa shape index (κ3) is 5.03. The number of carbonyl (C=O) groups is 1. The van der Waals surface area contributed by atoms with Crippen LogP contribution < -0.4 is 0 Å². The van der Waals surface area contributed by atoms with Gasteiger partial charge in [-0.3, -0.25) is 9.69 Å². The first kappa shape index (κ1) is 17.9. The van der Waals surface area contributed by atoms with Gasteiger partial charge in [-0.25, -0.2) is 8.78 Å². The highest BCUT2D eigenvalue weighted by molar-refractivity contribution is 8.00. The van der Waals surface area contributed by atoms with Crippen LogP contribution in [0.3, 0.4) is 0 Å². The van der Waals surface area contributed by atoms with E-state index < -0.39 is 11.6 Å². The molecule has 0 aliphatic carbocycles. The molecule has 1 aliphatic heterocycles. The maximum absolute atomic E-state index is 13.6. The van der Waals surface area contributed by atoms with Crippen molar-refractivity contribution in [1.82, 2.24) is 9.80 Å². The summed E-state index contributed by atoms with van der Waals surface area (Å²) < 4.78 is 26.5. The van der Waals surface area contributed by atoms with E-state index in [1.807, 2.05) is 23.1 Å². The molecular formula is C19H20F2N2OS. The van der Waals surface area contributed by atoms with Crippen molar-refractivity contribution >= 4 is 17.7 Å². The standard InChI is InChI=1S/C19H20F2N2OS/c20-16-6-7-18(17(21)12-16)25-14-19(24)23-10-8-22(9-11-23)13-15-4-2-1-3-5-15/h1-7,12H,8-11,13-14H2. The first-order chi connectivity index (χ1) is 12.1. The van der Waals surface area contributed by atoms with Gasteiger partial charge in [0.2, 0.25) is 5.91 Å². The number of halogens is 2. The first-order valence-corrected chi connectivity index (χ1v) is 9.22. The first-order valence-electron chi connectivity index (χ1n) is 8.24. The van der Waals surface area contributed by atoms with Gasteiger partial charge in [-0.2, -0.15) is 0 Å². The lowest BCUT2D eigenvalue weighted by atomic mass is 10.2. The van der Waals surface area contributed by atoms with Gasteiger partial charge in [0.15, 0.2) is 0 Å². The summed E-state index contributed by atoms with van der Waals surface area (Å²) in [4.78, 5) is 16.7. The molecule has 1 saturated heterocycles. The Balaban J connectivity index is 1.45. The van der Waals surface area contributed by atoms with Crippen molar-refractivity contribution in [1.29, 1.82) is 0 Å². The molecule has 3 rings (SSSR count). The molecule has 6 heteroatoms. The Kier molecular flexibility index (Phi) is 6.04. The Morgan fingerprint density at radius 1 is 1.00 bits per heavy atom. The number of nitrogens with zero attached hydrogens (tertiary/aromatic N) is 2. The van der Waals surface area contributed by atoms with Gasteiger partial charge in [-0.05, 0) is 17.7 Å². The molecule has 0 aromatic heterocycles. The second kappa shape index (κ2) is 8.45. The van der Waals surface area contributed by atoms with Crippen LogP contribution in [0.4, 0.5) is 8.78 Å². The Morgan fingerprint density at radius 2 is 1.72 bits per heavy atom. The molecule has 0 saturated carbocycles. The molecule has 1 heterocycles. The van der Waals surface area contributed by atoms with Crippen molar-refractivity contribution in [3.63, 3.8) is 0 Å². The summed E-state index contributed by atoms with van der Waals surface area (Å²) in [6, 6.07) is 13.7. The average molecular weight is 362 g/mol. The lowest BCUT2D eigenvalue weighted by molar-refractivity contribution is -0.130. The number of amides is 1. The van der Waals surface area contributed by atoms with E-state index in [1.165, 1.54) is 17.7 Å². The van der Waals surface area contributed by atoms with Crippen LogP contribution in [0.5, 0.6) is 0 Å². The Hall–Kier alpha value is -1.92. The molecule has 0 spiro atoms. The number of thioether (sulfide) groups is 1. The number of piperazine rings is 1. The monoisotopic (exact) mass is 362 g/mol. The largest absolute Gasteiger partial charge is 0.339 e. The van der Waals surface area contributed by atoms with E-state index in [0.29, 0.717) is 18.0 Å². The molecule has 2 aromatic rings. The van der Waals surface area contributed by atoms with Crippen molar-refractivity contribution in [3.05, 3.63) is 65.7 Å². The molecular weight excluding hydrogens is 342 g/mol. The van der Waals surface area contributed by atoms with Crippen LogP contribution >= 0.6 is 11.8 Å². The van der Waals surface area contributed by atoms with Gasteiger partial charge in [0.05, 0.1) is 5.75 Å². The van der Waals surface area contributed by atoms with E-state index >= 15 is 0 Å². The van der Waals surface area contributed by atoms with Crippen LogP contribution in [0.15, 0.2) is 53.4 Å². The maximum Gasteiger partial charge on any atom is 0.233 e. The molecule has 1 amide bonds. The normalized spacial score (nSPS) is 15.4.